The monoisotopic (exact) mass is 276 g/mol. The van der Waals surface area contributed by atoms with E-state index in [4.69, 9.17) is 20.3 Å². The number of fused-ring (bicyclic) bond motifs is 2. The van der Waals surface area contributed by atoms with Gasteiger partial charge in [0.1, 0.15) is 5.56 Å². The van der Waals surface area contributed by atoms with Crippen molar-refractivity contribution in [1.29, 1.82) is 0 Å². The second-order valence-corrected chi connectivity index (χ2v) is 4.38. The van der Waals surface area contributed by atoms with E-state index in [-0.39, 0.29) is 23.4 Å². The molecular weight excluding hydrogens is 264 g/mol. The number of ether oxygens (including phenoxy) is 2. The van der Waals surface area contributed by atoms with Crippen LogP contribution in [-0.4, -0.2) is 22.4 Å². The quantitative estimate of drug-likeness (QED) is 0.794. The molecule has 0 aliphatic carbocycles. The molecule has 0 spiro atoms. The number of nitrogen functional groups attached to an aromatic ring is 1. The molecule has 2 heterocycles. The van der Waals surface area contributed by atoms with E-state index < -0.39 is 11.4 Å². The minimum atomic E-state index is -1.28. The highest BCUT2D eigenvalue weighted by Gasteiger charge is 2.24. The van der Waals surface area contributed by atoms with E-state index in [0.717, 1.165) is 0 Å². The topological polar surface area (TPSA) is 104 Å². The largest absolute Gasteiger partial charge is 0.477 e. The van der Waals surface area contributed by atoms with E-state index in [1.54, 1.807) is 10.6 Å². The molecule has 0 unspecified atom stereocenters. The summed E-state index contributed by atoms with van der Waals surface area (Å²) < 4.78 is 12.1. The van der Waals surface area contributed by atoms with E-state index in [0.29, 0.717) is 23.6 Å². The van der Waals surface area contributed by atoms with Crippen LogP contribution in [0.2, 0.25) is 0 Å². The lowest BCUT2D eigenvalue weighted by Crippen LogP contribution is -2.19. The van der Waals surface area contributed by atoms with Crippen molar-refractivity contribution in [3.8, 4) is 11.5 Å². The molecule has 0 fully saturated rings. The Kier molecular flexibility index (Phi) is 2.56. The third-order valence-electron chi connectivity index (χ3n) is 3.32. The Balaban J connectivity index is 2.51. The Bertz CT molecular complexity index is 794. The highest BCUT2D eigenvalue weighted by molar-refractivity contribution is 6.00. The van der Waals surface area contributed by atoms with Gasteiger partial charge in [-0.3, -0.25) is 4.79 Å². The predicted molar refractivity (Wildman–Crippen MR) is 71.4 cm³/mol. The van der Waals surface area contributed by atoms with E-state index >= 15 is 0 Å². The van der Waals surface area contributed by atoms with Gasteiger partial charge in [0.15, 0.2) is 11.5 Å². The number of carbonyl (C=O) groups is 1. The second-order valence-electron chi connectivity index (χ2n) is 4.38. The summed E-state index contributed by atoms with van der Waals surface area (Å²) in [6, 6.07) is 1.64. The molecule has 0 saturated carbocycles. The van der Waals surface area contributed by atoms with E-state index in [1.807, 2.05) is 6.92 Å². The summed E-state index contributed by atoms with van der Waals surface area (Å²) in [6.07, 6.45) is 1.31. The molecule has 0 bridgehead atoms. The number of pyridine rings is 1. The van der Waals surface area contributed by atoms with Crippen LogP contribution in [0.25, 0.3) is 10.9 Å². The van der Waals surface area contributed by atoms with Crippen LogP contribution >= 0.6 is 0 Å². The zero-order chi connectivity index (χ0) is 14.4. The number of nitrogens with two attached hydrogens (primary N) is 1. The molecular formula is C13H12N2O5. The minimum absolute atomic E-state index is 0.0297. The number of hydrogen-bond acceptors (Lipinski definition) is 5. The third-order valence-corrected chi connectivity index (χ3v) is 3.32. The highest BCUT2D eigenvalue weighted by atomic mass is 16.7. The first-order valence-corrected chi connectivity index (χ1v) is 6.03. The van der Waals surface area contributed by atoms with Gasteiger partial charge in [-0.1, -0.05) is 0 Å². The standard InChI is InChI=1S/C13H12N2O5/c1-2-15-4-6(13(17)18)11(16)9-7(15)3-8-12(10(9)14)20-5-19-8/h3-4H,2,5,14H2,1H3,(H,17,18). The molecule has 1 aromatic carbocycles. The molecule has 0 saturated heterocycles. The van der Waals surface area contributed by atoms with Gasteiger partial charge >= 0.3 is 5.97 Å². The van der Waals surface area contributed by atoms with Crippen LogP contribution in [0.3, 0.4) is 0 Å². The summed E-state index contributed by atoms with van der Waals surface area (Å²) in [4.78, 5) is 23.5. The fourth-order valence-corrected chi connectivity index (χ4v) is 2.35. The number of anilines is 1. The number of aromatic carboxylic acids is 1. The van der Waals surface area contributed by atoms with Gasteiger partial charge in [-0.05, 0) is 6.92 Å². The van der Waals surface area contributed by atoms with Gasteiger partial charge in [0.25, 0.3) is 0 Å². The van der Waals surface area contributed by atoms with Gasteiger partial charge in [-0.2, -0.15) is 0 Å². The minimum Gasteiger partial charge on any atom is -0.477 e. The van der Waals surface area contributed by atoms with Gasteiger partial charge in [-0.15, -0.1) is 0 Å². The molecule has 0 amide bonds. The Morgan fingerprint density at radius 1 is 1.50 bits per heavy atom. The van der Waals surface area contributed by atoms with Gasteiger partial charge in [-0.25, -0.2) is 4.79 Å². The van der Waals surface area contributed by atoms with Crippen molar-refractivity contribution in [1.82, 2.24) is 4.57 Å². The van der Waals surface area contributed by atoms with E-state index in [1.165, 1.54) is 6.20 Å². The summed E-state index contributed by atoms with van der Waals surface area (Å²) >= 11 is 0. The number of benzene rings is 1. The van der Waals surface area contributed by atoms with Gasteiger partial charge < -0.3 is 24.9 Å². The first-order valence-electron chi connectivity index (χ1n) is 6.03. The molecule has 0 atom stereocenters. The van der Waals surface area contributed by atoms with Crippen LogP contribution in [-0.2, 0) is 6.54 Å². The van der Waals surface area contributed by atoms with Crippen LogP contribution in [0.1, 0.15) is 17.3 Å². The SMILES string of the molecule is CCn1cc(C(=O)O)c(=O)c2c(N)c3c(cc21)OCO3. The molecule has 20 heavy (non-hydrogen) atoms. The normalized spacial score (nSPS) is 12.8. The Labute approximate surface area is 113 Å². The molecule has 7 heteroatoms. The number of aromatic nitrogens is 1. The molecule has 104 valence electrons. The number of carboxylic acid groups (broad SMARTS) is 1. The van der Waals surface area contributed by atoms with Crippen LogP contribution in [0.15, 0.2) is 17.1 Å². The molecule has 1 aliphatic rings. The molecule has 3 N–H and O–H groups in total. The molecule has 3 rings (SSSR count). The summed E-state index contributed by atoms with van der Waals surface area (Å²) in [5, 5.41) is 9.27. The van der Waals surface area contributed by atoms with E-state index in [2.05, 4.69) is 0 Å². The van der Waals surface area contributed by atoms with Crippen LogP contribution in [0, 0.1) is 0 Å². The number of aryl methyl sites for hydroxylation is 1. The number of rotatable bonds is 2. The number of nitrogens with zero attached hydrogens (tertiary/aromatic N) is 1. The summed E-state index contributed by atoms with van der Waals surface area (Å²) in [5.74, 6) is -0.532. The first-order chi connectivity index (χ1) is 9.54. The Morgan fingerprint density at radius 2 is 2.25 bits per heavy atom. The Hall–Kier alpha value is -2.70. The van der Waals surface area contributed by atoms with Crippen molar-refractivity contribution in [3.05, 3.63) is 28.0 Å². The molecule has 7 nitrogen and oxygen atoms in total. The van der Waals surface area contributed by atoms with Crippen LogP contribution in [0.5, 0.6) is 11.5 Å². The zero-order valence-corrected chi connectivity index (χ0v) is 10.7. The molecule has 0 radical (unpaired) electrons. The van der Waals surface area contributed by atoms with Gasteiger partial charge in [0.2, 0.25) is 12.2 Å². The maximum absolute atomic E-state index is 12.3. The van der Waals surface area contributed by atoms with Gasteiger partial charge in [0.05, 0.1) is 16.6 Å². The highest BCUT2D eigenvalue weighted by Crippen LogP contribution is 2.41. The summed E-state index contributed by atoms with van der Waals surface area (Å²) in [6.45, 7) is 2.37. The average Bonchev–Trinajstić information content (AvgIpc) is 2.87. The lowest BCUT2D eigenvalue weighted by atomic mass is 10.1. The fraction of sp³-hybridized carbons (Fsp3) is 0.231. The maximum atomic E-state index is 12.3. The third kappa shape index (κ3) is 1.52. The molecule has 1 aliphatic heterocycles. The summed E-state index contributed by atoms with van der Waals surface area (Å²) in [5.41, 5.74) is 5.67. The number of hydrogen-bond donors (Lipinski definition) is 2. The van der Waals surface area contributed by atoms with Crippen molar-refractivity contribution >= 4 is 22.6 Å². The van der Waals surface area contributed by atoms with Crippen LogP contribution in [0.4, 0.5) is 5.69 Å². The zero-order valence-electron chi connectivity index (χ0n) is 10.7. The summed E-state index contributed by atoms with van der Waals surface area (Å²) in [7, 11) is 0. The van der Waals surface area contributed by atoms with Crippen molar-refractivity contribution in [2.45, 2.75) is 13.5 Å². The first kappa shape index (κ1) is 12.3. The van der Waals surface area contributed by atoms with Gasteiger partial charge in [0, 0.05) is 18.8 Å². The van der Waals surface area contributed by atoms with Crippen molar-refractivity contribution < 1.29 is 19.4 Å². The molecule has 2 aromatic rings. The second kappa shape index (κ2) is 4.16. The predicted octanol–water partition coefficient (Wildman–Crippen LogP) is 1.03. The average molecular weight is 276 g/mol. The fourth-order valence-electron chi connectivity index (χ4n) is 2.35. The van der Waals surface area contributed by atoms with Crippen molar-refractivity contribution in [2.24, 2.45) is 0 Å². The maximum Gasteiger partial charge on any atom is 0.341 e. The van der Waals surface area contributed by atoms with E-state index in [9.17, 15) is 9.59 Å². The lowest BCUT2D eigenvalue weighted by Gasteiger charge is -2.12. The number of carboxylic acids is 1. The smallest absolute Gasteiger partial charge is 0.341 e. The Morgan fingerprint density at radius 3 is 2.90 bits per heavy atom. The lowest BCUT2D eigenvalue weighted by molar-refractivity contribution is 0.0695. The van der Waals surface area contributed by atoms with Crippen molar-refractivity contribution in [2.75, 3.05) is 12.5 Å². The van der Waals surface area contributed by atoms with Crippen LogP contribution < -0.4 is 20.6 Å². The molecule has 1 aromatic heterocycles. The van der Waals surface area contributed by atoms with Crippen molar-refractivity contribution in [3.63, 3.8) is 0 Å².